The van der Waals surface area contributed by atoms with Gasteiger partial charge in [0.25, 0.3) is 5.91 Å². The van der Waals surface area contributed by atoms with Gasteiger partial charge in [0, 0.05) is 19.5 Å². The molecule has 2 N–H and O–H groups in total. The Kier molecular flexibility index (Phi) is 4.12. The summed E-state index contributed by atoms with van der Waals surface area (Å²) in [6.07, 6.45) is 0.988. The smallest absolute Gasteiger partial charge is 0.272 e. The molecule has 0 radical (unpaired) electrons. The Bertz CT molecular complexity index is 543. The highest BCUT2D eigenvalue weighted by Crippen LogP contribution is 2.35. The van der Waals surface area contributed by atoms with Crippen LogP contribution >= 0.6 is 0 Å². The summed E-state index contributed by atoms with van der Waals surface area (Å²) < 4.78 is 18.6. The largest absolute Gasteiger partial charge is 0.390 e. The monoisotopic (exact) mass is 310 g/mol. The van der Waals surface area contributed by atoms with Gasteiger partial charge in [0.2, 0.25) is 0 Å². The number of aliphatic hydroxyl groups excluding tert-OH is 2. The lowest BCUT2D eigenvalue weighted by Crippen LogP contribution is -2.55. The first-order valence-electron chi connectivity index (χ1n) is 7.40. The van der Waals surface area contributed by atoms with Gasteiger partial charge in [-0.1, -0.05) is 0 Å². The Morgan fingerprint density at radius 1 is 1.32 bits per heavy atom. The third kappa shape index (κ3) is 2.97. The van der Waals surface area contributed by atoms with Crippen LogP contribution in [-0.4, -0.2) is 63.5 Å². The molecule has 22 heavy (non-hydrogen) atoms. The molecule has 0 bridgehead atoms. The van der Waals surface area contributed by atoms with E-state index in [9.17, 15) is 19.4 Å². The van der Waals surface area contributed by atoms with Crippen LogP contribution in [0.3, 0.4) is 0 Å². The van der Waals surface area contributed by atoms with Crippen molar-refractivity contribution in [1.29, 1.82) is 0 Å². The summed E-state index contributed by atoms with van der Waals surface area (Å²) in [5.74, 6) is -0.705. The number of likely N-dealkylation sites (tertiary alicyclic amines) is 1. The predicted octanol–water partition coefficient (Wildman–Crippen LogP) is 0.338. The minimum atomic E-state index is -0.839. The topological polar surface area (TPSA) is 82.9 Å². The highest BCUT2D eigenvalue weighted by molar-refractivity contribution is 5.92. The average Bonchev–Trinajstić information content (AvgIpc) is 2.52. The molecule has 1 spiro atoms. The van der Waals surface area contributed by atoms with E-state index < -0.39 is 23.6 Å². The molecule has 2 fully saturated rings. The lowest BCUT2D eigenvalue weighted by atomic mass is 9.82. The Balaban J connectivity index is 1.62. The molecule has 2 atom stereocenters. The molecule has 1 aromatic rings. The predicted molar refractivity (Wildman–Crippen MR) is 74.6 cm³/mol. The van der Waals surface area contributed by atoms with E-state index >= 15 is 0 Å². The van der Waals surface area contributed by atoms with E-state index in [-0.39, 0.29) is 18.2 Å². The summed E-state index contributed by atoms with van der Waals surface area (Å²) in [6.45, 7) is 1.09. The number of halogens is 1. The molecule has 2 aliphatic rings. The summed E-state index contributed by atoms with van der Waals surface area (Å²) in [6, 6.07) is 2.59. The fraction of sp³-hybridized carbons (Fsp3) is 0.600. The lowest BCUT2D eigenvalue weighted by Gasteiger charge is -2.46. The summed E-state index contributed by atoms with van der Waals surface area (Å²) in [4.78, 5) is 17.8. The van der Waals surface area contributed by atoms with Crippen molar-refractivity contribution in [2.75, 3.05) is 19.7 Å². The van der Waals surface area contributed by atoms with Crippen LogP contribution in [0.1, 0.15) is 29.8 Å². The number of pyridine rings is 1. The maximum Gasteiger partial charge on any atom is 0.272 e. The molecule has 6 nitrogen and oxygen atoms in total. The van der Waals surface area contributed by atoms with E-state index in [4.69, 9.17) is 4.74 Å². The Morgan fingerprint density at radius 2 is 2.05 bits per heavy atom. The maximum atomic E-state index is 12.9. The molecular weight excluding hydrogens is 291 g/mol. The molecule has 0 saturated carbocycles. The van der Waals surface area contributed by atoms with Crippen molar-refractivity contribution >= 4 is 5.91 Å². The second-order valence-corrected chi connectivity index (χ2v) is 5.99. The standard InChI is InChI=1S/C15H19FN2O4/c16-10-1-2-11(17-8-10)14(21)18-5-3-15(4-6-18)7-12(19)13(20)9-22-15/h1-2,8,12-13,19-20H,3-7,9H2/t12-,13+/m1/s1. The minimum Gasteiger partial charge on any atom is -0.390 e. The Hall–Kier alpha value is -1.57. The van der Waals surface area contributed by atoms with E-state index in [1.54, 1.807) is 4.90 Å². The summed E-state index contributed by atoms with van der Waals surface area (Å²) in [7, 11) is 0. The van der Waals surface area contributed by atoms with Crippen LogP contribution in [0.5, 0.6) is 0 Å². The second-order valence-electron chi connectivity index (χ2n) is 5.99. The first-order chi connectivity index (χ1) is 10.5. The SMILES string of the molecule is O=C(c1ccc(F)cn1)N1CCC2(CC1)C[C@@H](O)[C@@H](O)CO2. The van der Waals surface area contributed by atoms with Crippen molar-refractivity contribution in [3.05, 3.63) is 29.8 Å². The zero-order valence-electron chi connectivity index (χ0n) is 12.1. The normalized spacial score (nSPS) is 27.9. The van der Waals surface area contributed by atoms with Crippen molar-refractivity contribution in [1.82, 2.24) is 9.88 Å². The van der Waals surface area contributed by atoms with Crippen LogP contribution < -0.4 is 0 Å². The number of nitrogens with zero attached hydrogens (tertiary/aromatic N) is 2. The summed E-state index contributed by atoms with van der Waals surface area (Å²) >= 11 is 0. The number of carbonyl (C=O) groups excluding carboxylic acids is 1. The lowest BCUT2D eigenvalue weighted by molar-refractivity contribution is -0.185. The maximum absolute atomic E-state index is 12.9. The third-order valence-electron chi connectivity index (χ3n) is 4.49. The number of piperidine rings is 1. The van der Waals surface area contributed by atoms with Gasteiger partial charge in [-0.15, -0.1) is 0 Å². The van der Waals surface area contributed by atoms with Gasteiger partial charge in [0.1, 0.15) is 17.6 Å². The van der Waals surface area contributed by atoms with Gasteiger partial charge in [-0.25, -0.2) is 9.37 Å². The number of aromatic nitrogens is 1. The highest BCUT2D eigenvalue weighted by atomic mass is 19.1. The quantitative estimate of drug-likeness (QED) is 0.781. The molecule has 2 saturated heterocycles. The van der Waals surface area contributed by atoms with Gasteiger partial charge in [-0.3, -0.25) is 4.79 Å². The number of aliphatic hydroxyl groups is 2. The van der Waals surface area contributed by atoms with Crippen LogP contribution in [0, 0.1) is 5.82 Å². The van der Waals surface area contributed by atoms with Crippen LogP contribution in [0.4, 0.5) is 4.39 Å². The van der Waals surface area contributed by atoms with E-state index in [1.807, 2.05) is 0 Å². The van der Waals surface area contributed by atoms with Gasteiger partial charge in [-0.05, 0) is 25.0 Å². The highest BCUT2D eigenvalue weighted by Gasteiger charge is 2.43. The van der Waals surface area contributed by atoms with Crippen molar-refractivity contribution < 1.29 is 24.1 Å². The number of hydrogen-bond donors (Lipinski definition) is 2. The number of hydrogen-bond acceptors (Lipinski definition) is 5. The van der Waals surface area contributed by atoms with Crippen LogP contribution in [-0.2, 0) is 4.74 Å². The van der Waals surface area contributed by atoms with Gasteiger partial charge in [0.05, 0.1) is 24.5 Å². The minimum absolute atomic E-state index is 0.120. The van der Waals surface area contributed by atoms with E-state index in [1.165, 1.54) is 12.1 Å². The first-order valence-corrected chi connectivity index (χ1v) is 7.40. The molecule has 0 aromatic carbocycles. The molecule has 3 rings (SSSR count). The number of amides is 1. The molecule has 120 valence electrons. The first kappa shape index (κ1) is 15.3. The Morgan fingerprint density at radius 3 is 2.64 bits per heavy atom. The van der Waals surface area contributed by atoms with Gasteiger partial charge >= 0.3 is 0 Å². The van der Waals surface area contributed by atoms with Crippen LogP contribution in [0.15, 0.2) is 18.3 Å². The summed E-state index contributed by atoms with van der Waals surface area (Å²) in [5.41, 5.74) is -0.247. The van der Waals surface area contributed by atoms with Gasteiger partial charge in [0.15, 0.2) is 0 Å². The molecule has 7 heteroatoms. The molecule has 0 aliphatic carbocycles. The molecule has 3 heterocycles. The third-order valence-corrected chi connectivity index (χ3v) is 4.49. The zero-order valence-corrected chi connectivity index (χ0v) is 12.1. The van der Waals surface area contributed by atoms with Gasteiger partial charge < -0.3 is 19.8 Å². The molecule has 1 aromatic heterocycles. The van der Waals surface area contributed by atoms with Crippen molar-refractivity contribution in [3.63, 3.8) is 0 Å². The molecule has 2 aliphatic heterocycles. The van der Waals surface area contributed by atoms with Crippen molar-refractivity contribution in [2.24, 2.45) is 0 Å². The van der Waals surface area contributed by atoms with Crippen LogP contribution in [0.2, 0.25) is 0 Å². The van der Waals surface area contributed by atoms with Gasteiger partial charge in [-0.2, -0.15) is 0 Å². The number of rotatable bonds is 1. The molecule has 1 amide bonds. The van der Waals surface area contributed by atoms with Crippen molar-refractivity contribution in [3.8, 4) is 0 Å². The van der Waals surface area contributed by atoms with E-state index in [0.29, 0.717) is 32.4 Å². The fourth-order valence-corrected chi connectivity index (χ4v) is 3.08. The average molecular weight is 310 g/mol. The fourth-order valence-electron chi connectivity index (χ4n) is 3.08. The van der Waals surface area contributed by atoms with E-state index in [0.717, 1.165) is 6.20 Å². The number of carbonyl (C=O) groups is 1. The van der Waals surface area contributed by atoms with Crippen molar-refractivity contribution in [2.45, 2.75) is 37.1 Å². The Labute approximate surface area is 127 Å². The van der Waals surface area contributed by atoms with Crippen LogP contribution in [0.25, 0.3) is 0 Å². The molecule has 0 unspecified atom stereocenters. The van der Waals surface area contributed by atoms with E-state index in [2.05, 4.69) is 4.98 Å². The summed E-state index contributed by atoms with van der Waals surface area (Å²) in [5, 5.41) is 19.3. The molecular formula is C15H19FN2O4. The number of ether oxygens (including phenoxy) is 1. The second kappa shape index (κ2) is 5.91. The zero-order chi connectivity index (χ0) is 15.7.